The summed E-state index contributed by atoms with van der Waals surface area (Å²) in [6, 6.07) is 7.66. The maximum atomic E-state index is 15.3. The minimum atomic E-state index is -4.19. The molecule has 1 aliphatic rings. The molecular formula is C28H29ClFN9O3S. The number of hydrogen-bond donors (Lipinski definition) is 2. The summed E-state index contributed by atoms with van der Waals surface area (Å²) in [7, 11) is 1.33. The summed E-state index contributed by atoms with van der Waals surface area (Å²) in [5.74, 6) is -0.215. The number of nitrogens with one attached hydrogen (secondary N) is 2. The zero-order valence-electron chi connectivity index (χ0n) is 23.6. The number of ether oxygens (including phenoxy) is 1. The number of anilines is 2. The Morgan fingerprint density at radius 2 is 1.84 bits per heavy atom. The van der Waals surface area contributed by atoms with Gasteiger partial charge in [-0.15, -0.1) is 10.2 Å². The Hall–Kier alpha value is -4.14. The number of methoxy groups -OCH3 is 1. The fourth-order valence-electron chi connectivity index (χ4n) is 5.42. The molecular weight excluding hydrogens is 597 g/mol. The Morgan fingerprint density at radius 1 is 1.05 bits per heavy atom. The summed E-state index contributed by atoms with van der Waals surface area (Å²) in [6.45, 7) is 0. The Labute approximate surface area is 252 Å². The molecule has 12 nitrogen and oxygen atoms in total. The van der Waals surface area contributed by atoms with Crippen molar-refractivity contribution in [3.63, 3.8) is 0 Å². The molecule has 0 bridgehead atoms. The van der Waals surface area contributed by atoms with Crippen LogP contribution in [0.15, 0.2) is 53.9 Å². The first-order chi connectivity index (χ1) is 20.6. The average Bonchev–Trinajstić information content (AvgIpc) is 3.49. The lowest BCUT2D eigenvalue weighted by molar-refractivity contribution is 0.221. The summed E-state index contributed by atoms with van der Waals surface area (Å²) in [4.78, 5) is 15.2. The molecule has 4 heterocycles. The van der Waals surface area contributed by atoms with E-state index < -0.39 is 15.8 Å². The van der Waals surface area contributed by atoms with Gasteiger partial charge < -0.3 is 15.0 Å². The molecule has 4 aromatic heterocycles. The van der Waals surface area contributed by atoms with Crippen LogP contribution in [0.5, 0.6) is 5.88 Å². The largest absolute Gasteiger partial charge is 0.480 e. The normalized spacial score (nSPS) is 17.4. The van der Waals surface area contributed by atoms with E-state index >= 15 is 4.39 Å². The monoisotopic (exact) mass is 625 g/mol. The Balaban J connectivity index is 1.33. The number of halogens is 2. The van der Waals surface area contributed by atoms with Gasteiger partial charge in [0.1, 0.15) is 12.1 Å². The van der Waals surface area contributed by atoms with E-state index in [1.54, 1.807) is 16.7 Å². The highest BCUT2D eigenvalue weighted by Gasteiger charge is 2.25. The van der Waals surface area contributed by atoms with Gasteiger partial charge >= 0.3 is 0 Å². The number of benzene rings is 1. The molecule has 0 unspecified atom stereocenters. The van der Waals surface area contributed by atoms with Crippen LogP contribution in [0.3, 0.4) is 0 Å². The third-order valence-corrected chi connectivity index (χ3v) is 9.23. The molecule has 0 saturated heterocycles. The van der Waals surface area contributed by atoms with Crippen molar-refractivity contribution in [2.24, 2.45) is 0 Å². The summed E-state index contributed by atoms with van der Waals surface area (Å²) >= 11 is 5.98. The summed E-state index contributed by atoms with van der Waals surface area (Å²) < 4.78 is 50.9. The fraction of sp³-hybridized carbons (Fsp3) is 0.321. The number of hydrogen-bond acceptors (Lipinski definition) is 10. The van der Waals surface area contributed by atoms with Crippen molar-refractivity contribution in [2.45, 2.75) is 42.7 Å². The first-order valence-corrected chi connectivity index (χ1v) is 15.4. The predicted octanol–water partition coefficient (Wildman–Crippen LogP) is 4.62. The highest BCUT2D eigenvalue weighted by Crippen LogP contribution is 2.33. The molecule has 0 spiro atoms. The molecule has 0 atom stereocenters. The molecule has 0 aliphatic heterocycles. The van der Waals surface area contributed by atoms with Crippen LogP contribution in [-0.2, 0) is 10.0 Å². The zero-order chi connectivity index (χ0) is 30.3. The Morgan fingerprint density at radius 3 is 2.58 bits per heavy atom. The van der Waals surface area contributed by atoms with Gasteiger partial charge in [0, 0.05) is 46.7 Å². The quantitative estimate of drug-likeness (QED) is 0.251. The van der Waals surface area contributed by atoms with Gasteiger partial charge in [0.15, 0.2) is 16.2 Å². The van der Waals surface area contributed by atoms with Crippen LogP contribution >= 0.6 is 11.6 Å². The van der Waals surface area contributed by atoms with Crippen LogP contribution < -0.4 is 14.8 Å². The Bertz CT molecular complexity index is 1930. The van der Waals surface area contributed by atoms with Crippen LogP contribution in [-0.4, -0.2) is 76.2 Å². The van der Waals surface area contributed by atoms with E-state index in [9.17, 15) is 8.42 Å². The molecule has 15 heteroatoms. The summed E-state index contributed by atoms with van der Waals surface area (Å²) in [5, 5.41) is 12.5. The van der Waals surface area contributed by atoms with Crippen molar-refractivity contribution in [1.29, 1.82) is 0 Å². The molecule has 0 amide bonds. The lowest BCUT2D eigenvalue weighted by atomic mass is 9.91. The first-order valence-electron chi connectivity index (χ1n) is 13.6. The highest BCUT2D eigenvalue weighted by atomic mass is 35.5. The molecule has 1 fully saturated rings. The molecule has 5 aromatic rings. The van der Waals surface area contributed by atoms with Gasteiger partial charge in [0.05, 0.1) is 12.1 Å². The number of nitrogens with zero attached hydrogens (tertiary/aromatic N) is 7. The second-order valence-electron chi connectivity index (χ2n) is 10.6. The second kappa shape index (κ2) is 11.5. The van der Waals surface area contributed by atoms with Crippen LogP contribution in [0.25, 0.3) is 27.8 Å². The highest BCUT2D eigenvalue weighted by molar-refractivity contribution is 7.92. The zero-order valence-corrected chi connectivity index (χ0v) is 25.2. The van der Waals surface area contributed by atoms with Gasteiger partial charge in [-0.3, -0.25) is 9.12 Å². The van der Waals surface area contributed by atoms with Crippen molar-refractivity contribution in [3.8, 4) is 17.0 Å². The first kappa shape index (κ1) is 29.0. The molecule has 6 rings (SSSR count). The standard InChI is InChI=1S/C28H29ClFN9O3S/c1-38(2)20-7-4-18(5-8-20)34-28-32-13-16-10-22(26-36-33-15-39(26)25(16)35-28)21-12-19(6-9-23(21)30)37-43(40,41)24-11-17(29)14-31-27(24)42-3/h6,9-15,18,20,37H,4-5,7-8H2,1-3H3,(H,32,34,35). The van der Waals surface area contributed by atoms with Gasteiger partial charge in [-0.1, -0.05) is 11.6 Å². The van der Waals surface area contributed by atoms with Gasteiger partial charge in [-0.05, 0) is 70.1 Å². The molecule has 1 saturated carbocycles. The van der Waals surface area contributed by atoms with E-state index in [1.165, 1.54) is 43.9 Å². The van der Waals surface area contributed by atoms with Gasteiger partial charge in [0.25, 0.3) is 10.0 Å². The van der Waals surface area contributed by atoms with Crippen molar-refractivity contribution in [1.82, 2.24) is 34.4 Å². The van der Waals surface area contributed by atoms with Gasteiger partial charge in [0.2, 0.25) is 11.8 Å². The maximum Gasteiger partial charge on any atom is 0.267 e. The number of fused-ring (bicyclic) bond motifs is 3. The second-order valence-corrected chi connectivity index (χ2v) is 12.7. The average molecular weight is 626 g/mol. The predicted molar refractivity (Wildman–Crippen MR) is 161 cm³/mol. The minimum absolute atomic E-state index is 0.107. The van der Waals surface area contributed by atoms with Gasteiger partial charge in [-0.2, -0.15) is 4.98 Å². The molecule has 2 N–H and O–H groups in total. The lowest BCUT2D eigenvalue weighted by Gasteiger charge is -2.32. The van der Waals surface area contributed by atoms with E-state index in [0.717, 1.165) is 25.7 Å². The van der Waals surface area contributed by atoms with Crippen LogP contribution in [0.2, 0.25) is 5.02 Å². The summed E-state index contributed by atoms with van der Waals surface area (Å²) in [6.07, 6.45) is 8.68. The number of rotatable bonds is 8. The number of aromatic nitrogens is 6. The third kappa shape index (κ3) is 5.77. The third-order valence-electron chi connectivity index (χ3n) is 7.65. The topological polar surface area (TPSA) is 140 Å². The van der Waals surface area contributed by atoms with E-state index in [4.69, 9.17) is 21.3 Å². The molecule has 1 aliphatic carbocycles. The van der Waals surface area contributed by atoms with E-state index in [1.807, 2.05) is 0 Å². The van der Waals surface area contributed by atoms with Gasteiger partial charge in [-0.25, -0.2) is 22.8 Å². The van der Waals surface area contributed by atoms with Crippen molar-refractivity contribution in [3.05, 3.63) is 59.9 Å². The van der Waals surface area contributed by atoms with E-state index in [2.05, 4.69) is 49.2 Å². The van der Waals surface area contributed by atoms with Crippen LogP contribution in [0.4, 0.5) is 16.0 Å². The molecule has 43 heavy (non-hydrogen) atoms. The van der Waals surface area contributed by atoms with Crippen molar-refractivity contribution >= 4 is 49.9 Å². The molecule has 0 radical (unpaired) electrons. The van der Waals surface area contributed by atoms with E-state index in [0.29, 0.717) is 34.2 Å². The SMILES string of the molecule is COc1ncc(Cl)cc1S(=O)(=O)Nc1ccc(F)c(-c2cc3cnc(NC4CCC(N(C)C)CC4)nc3n3cnnc23)c1. The maximum absolute atomic E-state index is 15.3. The van der Waals surface area contributed by atoms with Crippen molar-refractivity contribution in [2.75, 3.05) is 31.2 Å². The fourth-order valence-corrected chi connectivity index (χ4v) is 6.83. The number of sulfonamides is 1. The van der Waals surface area contributed by atoms with Crippen molar-refractivity contribution < 1.29 is 17.5 Å². The molecule has 224 valence electrons. The van der Waals surface area contributed by atoms with E-state index in [-0.39, 0.29) is 33.1 Å². The smallest absolute Gasteiger partial charge is 0.267 e. The van der Waals surface area contributed by atoms with Crippen LogP contribution in [0, 0.1) is 5.82 Å². The minimum Gasteiger partial charge on any atom is -0.480 e. The molecule has 1 aromatic carbocycles. The Kier molecular flexibility index (Phi) is 7.75. The summed E-state index contributed by atoms with van der Waals surface area (Å²) in [5.41, 5.74) is 1.51. The lowest BCUT2D eigenvalue weighted by Crippen LogP contribution is -2.36. The number of pyridine rings is 2. The van der Waals surface area contributed by atoms with Crippen LogP contribution in [0.1, 0.15) is 25.7 Å².